The highest BCUT2D eigenvalue weighted by atomic mass is 32.1. The monoisotopic (exact) mass is 261 g/mol. The summed E-state index contributed by atoms with van der Waals surface area (Å²) in [6.07, 6.45) is 4.88. The molecule has 4 heteroatoms. The first kappa shape index (κ1) is 13.2. The van der Waals surface area contributed by atoms with Gasteiger partial charge >= 0.3 is 0 Å². The molecule has 2 aromatic rings. The van der Waals surface area contributed by atoms with Gasteiger partial charge in [0.2, 0.25) is 0 Å². The van der Waals surface area contributed by atoms with E-state index in [0.29, 0.717) is 0 Å². The van der Waals surface area contributed by atoms with Gasteiger partial charge in [-0.25, -0.2) is 4.98 Å². The van der Waals surface area contributed by atoms with E-state index in [9.17, 15) is 0 Å². The fraction of sp³-hybridized carbons (Fsp3) is 0.429. The van der Waals surface area contributed by atoms with Crippen LogP contribution in [-0.4, -0.2) is 16.5 Å². The Morgan fingerprint density at radius 1 is 1.33 bits per heavy atom. The van der Waals surface area contributed by atoms with Crippen molar-refractivity contribution in [2.75, 3.05) is 6.54 Å². The lowest BCUT2D eigenvalue weighted by atomic mass is 10.2. The highest BCUT2D eigenvalue weighted by Gasteiger charge is 2.10. The van der Waals surface area contributed by atoms with Crippen LogP contribution in [0, 0.1) is 13.8 Å². The Bertz CT molecular complexity index is 520. The van der Waals surface area contributed by atoms with Crippen LogP contribution in [0.4, 0.5) is 0 Å². The SMILES string of the molecule is CCCNCc1sc(-c2cnccc2C)nc1C. The number of pyridine rings is 1. The van der Waals surface area contributed by atoms with Crippen LogP contribution < -0.4 is 5.32 Å². The zero-order valence-corrected chi connectivity index (χ0v) is 12.0. The van der Waals surface area contributed by atoms with Gasteiger partial charge in [-0.15, -0.1) is 11.3 Å². The predicted molar refractivity (Wildman–Crippen MR) is 76.8 cm³/mol. The normalized spacial score (nSPS) is 10.8. The van der Waals surface area contributed by atoms with Crippen LogP contribution in [0.2, 0.25) is 0 Å². The molecule has 0 aliphatic heterocycles. The third-order valence-corrected chi connectivity index (χ3v) is 4.07. The second-order valence-electron chi connectivity index (χ2n) is 4.39. The average molecular weight is 261 g/mol. The van der Waals surface area contributed by atoms with Crippen molar-refractivity contribution in [1.29, 1.82) is 0 Å². The number of rotatable bonds is 5. The van der Waals surface area contributed by atoms with E-state index in [2.05, 4.69) is 36.1 Å². The lowest BCUT2D eigenvalue weighted by Crippen LogP contribution is -2.13. The van der Waals surface area contributed by atoms with Crippen LogP contribution in [0.15, 0.2) is 18.5 Å². The van der Waals surface area contributed by atoms with E-state index in [1.54, 1.807) is 11.3 Å². The average Bonchev–Trinajstić information content (AvgIpc) is 2.72. The third-order valence-electron chi connectivity index (χ3n) is 2.87. The summed E-state index contributed by atoms with van der Waals surface area (Å²) < 4.78 is 0. The van der Waals surface area contributed by atoms with Gasteiger partial charge in [-0.05, 0) is 38.4 Å². The largest absolute Gasteiger partial charge is 0.312 e. The summed E-state index contributed by atoms with van der Waals surface area (Å²) in [5.41, 5.74) is 3.50. The molecule has 18 heavy (non-hydrogen) atoms. The maximum absolute atomic E-state index is 4.66. The van der Waals surface area contributed by atoms with Gasteiger partial charge in [-0.3, -0.25) is 4.98 Å². The van der Waals surface area contributed by atoms with E-state index < -0.39 is 0 Å². The van der Waals surface area contributed by atoms with Crippen LogP contribution in [0.25, 0.3) is 10.6 Å². The van der Waals surface area contributed by atoms with E-state index >= 15 is 0 Å². The van der Waals surface area contributed by atoms with E-state index in [1.807, 2.05) is 18.5 Å². The molecule has 0 unspecified atom stereocenters. The minimum absolute atomic E-state index is 0.913. The number of aryl methyl sites for hydroxylation is 2. The van der Waals surface area contributed by atoms with Gasteiger partial charge in [0.05, 0.1) is 5.69 Å². The van der Waals surface area contributed by atoms with Gasteiger partial charge in [-0.1, -0.05) is 6.92 Å². The Balaban J connectivity index is 2.21. The van der Waals surface area contributed by atoms with Gasteiger partial charge in [0.15, 0.2) is 0 Å². The van der Waals surface area contributed by atoms with Crippen molar-refractivity contribution in [2.45, 2.75) is 33.7 Å². The molecule has 0 amide bonds. The van der Waals surface area contributed by atoms with Gasteiger partial charge in [-0.2, -0.15) is 0 Å². The van der Waals surface area contributed by atoms with Crippen molar-refractivity contribution in [3.05, 3.63) is 34.6 Å². The number of thiazole rings is 1. The fourth-order valence-electron chi connectivity index (χ4n) is 1.77. The van der Waals surface area contributed by atoms with E-state index in [-0.39, 0.29) is 0 Å². The first-order valence-corrected chi connectivity index (χ1v) is 7.12. The molecule has 0 radical (unpaired) electrons. The lowest BCUT2D eigenvalue weighted by Gasteiger charge is -2.00. The topological polar surface area (TPSA) is 37.8 Å². The molecule has 2 heterocycles. The van der Waals surface area contributed by atoms with Crippen molar-refractivity contribution in [3.63, 3.8) is 0 Å². The summed E-state index contributed by atoms with van der Waals surface area (Å²) in [4.78, 5) is 10.2. The van der Waals surface area contributed by atoms with Crippen LogP contribution in [0.5, 0.6) is 0 Å². The van der Waals surface area contributed by atoms with E-state index in [1.165, 1.54) is 10.4 Å². The summed E-state index contributed by atoms with van der Waals surface area (Å²) in [5, 5.41) is 4.50. The second kappa shape index (κ2) is 6.07. The Kier molecular flexibility index (Phi) is 4.44. The molecule has 1 N–H and O–H groups in total. The summed E-state index contributed by atoms with van der Waals surface area (Å²) in [7, 11) is 0. The third kappa shape index (κ3) is 2.94. The molecule has 3 nitrogen and oxygen atoms in total. The minimum atomic E-state index is 0.913. The van der Waals surface area contributed by atoms with Gasteiger partial charge < -0.3 is 5.32 Å². The van der Waals surface area contributed by atoms with Crippen LogP contribution in [0.1, 0.15) is 29.5 Å². The molecule has 0 spiro atoms. The number of nitrogens with zero attached hydrogens (tertiary/aromatic N) is 2. The Morgan fingerprint density at radius 3 is 2.89 bits per heavy atom. The molecule has 2 rings (SSSR count). The second-order valence-corrected chi connectivity index (χ2v) is 5.48. The van der Waals surface area contributed by atoms with Gasteiger partial charge in [0.1, 0.15) is 5.01 Å². The highest BCUT2D eigenvalue weighted by Crippen LogP contribution is 2.29. The molecule has 0 aliphatic carbocycles. The molecule has 0 aliphatic rings. The summed E-state index contributed by atoms with van der Waals surface area (Å²) in [6.45, 7) is 8.32. The lowest BCUT2D eigenvalue weighted by molar-refractivity contribution is 0.678. The quantitative estimate of drug-likeness (QED) is 0.839. The standard InChI is InChI=1S/C14H19N3S/c1-4-6-15-9-13-11(3)17-14(18-13)12-8-16-7-5-10(12)2/h5,7-8,15H,4,6,9H2,1-3H3. The Morgan fingerprint density at radius 2 is 2.17 bits per heavy atom. The first-order valence-electron chi connectivity index (χ1n) is 6.30. The molecule has 0 aromatic carbocycles. The zero-order chi connectivity index (χ0) is 13.0. The summed E-state index contributed by atoms with van der Waals surface area (Å²) >= 11 is 1.76. The van der Waals surface area contributed by atoms with Gasteiger partial charge in [0, 0.05) is 29.4 Å². The van der Waals surface area contributed by atoms with Crippen LogP contribution in [-0.2, 0) is 6.54 Å². The number of aromatic nitrogens is 2. The van der Waals surface area contributed by atoms with Crippen molar-refractivity contribution < 1.29 is 0 Å². The van der Waals surface area contributed by atoms with Crippen LogP contribution >= 0.6 is 11.3 Å². The molecule has 2 aromatic heterocycles. The maximum atomic E-state index is 4.66. The Hall–Kier alpha value is -1.26. The number of nitrogens with one attached hydrogen (secondary N) is 1. The van der Waals surface area contributed by atoms with Crippen molar-refractivity contribution in [3.8, 4) is 10.6 Å². The molecular weight excluding hydrogens is 242 g/mol. The first-order chi connectivity index (χ1) is 8.72. The molecule has 0 atom stereocenters. The smallest absolute Gasteiger partial charge is 0.125 e. The predicted octanol–water partition coefficient (Wildman–Crippen LogP) is 3.32. The minimum Gasteiger partial charge on any atom is -0.312 e. The highest BCUT2D eigenvalue weighted by molar-refractivity contribution is 7.15. The molecule has 96 valence electrons. The van der Waals surface area contributed by atoms with E-state index in [0.717, 1.165) is 35.8 Å². The molecular formula is C14H19N3S. The molecule has 0 bridgehead atoms. The van der Waals surface area contributed by atoms with Crippen molar-refractivity contribution in [1.82, 2.24) is 15.3 Å². The summed E-state index contributed by atoms with van der Waals surface area (Å²) in [6, 6.07) is 2.03. The molecule has 0 saturated heterocycles. The fourth-order valence-corrected chi connectivity index (χ4v) is 2.88. The van der Waals surface area contributed by atoms with E-state index in [4.69, 9.17) is 0 Å². The zero-order valence-electron chi connectivity index (χ0n) is 11.2. The van der Waals surface area contributed by atoms with Crippen molar-refractivity contribution >= 4 is 11.3 Å². The van der Waals surface area contributed by atoms with Crippen molar-refractivity contribution in [2.24, 2.45) is 0 Å². The maximum Gasteiger partial charge on any atom is 0.125 e. The molecule has 0 fully saturated rings. The number of hydrogen-bond acceptors (Lipinski definition) is 4. The Labute approximate surface area is 112 Å². The van der Waals surface area contributed by atoms with Crippen LogP contribution in [0.3, 0.4) is 0 Å². The van der Waals surface area contributed by atoms with Gasteiger partial charge in [0.25, 0.3) is 0 Å². The number of hydrogen-bond donors (Lipinski definition) is 1. The summed E-state index contributed by atoms with van der Waals surface area (Å²) in [5.74, 6) is 0. The molecule has 0 saturated carbocycles.